The van der Waals surface area contributed by atoms with Crippen LogP contribution in [-0.4, -0.2) is 19.3 Å². The van der Waals surface area contributed by atoms with Gasteiger partial charge in [-0.1, -0.05) is 11.6 Å². The molecule has 0 aliphatic rings. The Balaban J connectivity index is 1.95. The van der Waals surface area contributed by atoms with E-state index in [-0.39, 0.29) is 20.5 Å². The first-order valence-corrected chi connectivity index (χ1v) is 9.73. The third-order valence-corrected chi connectivity index (χ3v) is 6.69. The lowest BCUT2D eigenvalue weighted by molar-refractivity contribution is 0.101. The summed E-state index contributed by atoms with van der Waals surface area (Å²) < 4.78 is 51.8. The highest BCUT2D eigenvalue weighted by molar-refractivity contribution is 7.93. The molecule has 10 heteroatoms. The zero-order valence-electron chi connectivity index (χ0n) is 12.7. The van der Waals surface area contributed by atoms with Crippen LogP contribution >= 0.6 is 22.9 Å². The van der Waals surface area contributed by atoms with Gasteiger partial charge in [0.1, 0.15) is 11.6 Å². The number of hydrogen-bond donors (Lipinski definition) is 1. The molecule has 0 unspecified atom stereocenters. The van der Waals surface area contributed by atoms with Gasteiger partial charge >= 0.3 is 0 Å². The zero-order valence-corrected chi connectivity index (χ0v) is 15.1. The molecule has 26 heavy (non-hydrogen) atoms. The largest absolute Gasteiger partial charge is 0.318 e. The van der Waals surface area contributed by atoms with Crippen LogP contribution in [0.3, 0.4) is 0 Å². The number of sulfone groups is 1. The fourth-order valence-corrected chi connectivity index (χ4v) is 4.74. The second-order valence-electron chi connectivity index (χ2n) is 5.02. The van der Waals surface area contributed by atoms with Gasteiger partial charge < -0.3 is 5.32 Å². The van der Waals surface area contributed by atoms with E-state index in [0.29, 0.717) is 11.1 Å². The molecule has 0 saturated carbocycles. The van der Waals surface area contributed by atoms with Crippen LogP contribution in [0.2, 0.25) is 5.02 Å². The van der Waals surface area contributed by atoms with Gasteiger partial charge in [-0.15, -0.1) is 11.3 Å². The highest BCUT2D eigenvalue weighted by Crippen LogP contribution is 2.29. The van der Waals surface area contributed by atoms with E-state index in [0.717, 1.165) is 23.5 Å². The molecule has 1 amide bonds. The molecule has 0 bridgehead atoms. The molecule has 0 aliphatic carbocycles. The fourth-order valence-electron chi connectivity index (χ4n) is 2.07. The molecule has 1 N–H and O–H groups in total. The van der Waals surface area contributed by atoms with Crippen LogP contribution in [0.15, 0.2) is 57.1 Å². The molecule has 3 aromatic rings. The minimum Gasteiger partial charge on any atom is -0.318 e. The van der Waals surface area contributed by atoms with E-state index in [1.807, 2.05) is 0 Å². The molecule has 2 aromatic carbocycles. The van der Waals surface area contributed by atoms with Crippen molar-refractivity contribution in [1.29, 1.82) is 0 Å². The van der Waals surface area contributed by atoms with Gasteiger partial charge in [-0.2, -0.15) is 0 Å². The van der Waals surface area contributed by atoms with Gasteiger partial charge in [-0.25, -0.2) is 22.2 Å². The first-order chi connectivity index (χ1) is 12.3. The Kier molecular flexibility index (Phi) is 5.03. The van der Waals surface area contributed by atoms with Crippen LogP contribution in [0.4, 0.5) is 14.5 Å². The van der Waals surface area contributed by atoms with Crippen molar-refractivity contribution in [2.75, 3.05) is 5.32 Å². The van der Waals surface area contributed by atoms with Crippen molar-refractivity contribution < 1.29 is 22.0 Å². The molecule has 1 aromatic heterocycles. The molecular formula is C16H9ClF2N2O3S2. The second kappa shape index (κ2) is 7.10. The lowest BCUT2D eigenvalue weighted by atomic mass is 10.3. The van der Waals surface area contributed by atoms with E-state index in [2.05, 4.69) is 10.3 Å². The number of hydrogen-bond acceptors (Lipinski definition) is 5. The van der Waals surface area contributed by atoms with E-state index in [9.17, 15) is 22.0 Å². The molecule has 0 radical (unpaired) electrons. The van der Waals surface area contributed by atoms with Crippen LogP contribution in [0.1, 0.15) is 10.5 Å². The van der Waals surface area contributed by atoms with Gasteiger partial charge in [0.05, 0.1) is 16.1 Å². The summed E-state index contributed by atoms with van der Waals surface area (Å²) in [6.07, 6.45) is 0. The maximum absolute atomic E-state index is 13.7. The monoisotopic (exact) mass is 414 g/mol. The Morgan fingerprint density at radius 3 is 2.46 bits per heavy atom. The lowest BCUT2D eigenvalue weighted by Crippen LogP contribution is -2.17. The number of halogens is 3. The fraction of sp³-hybridized carbons (Fsp3) is 0. The predicted molar refractivity (Wildman–Crippen MR) is 93.3 cm³/mol. The highest BCUT2D eigenvalue weighted by atomic mass is 35.5. The van der Waals surface area contributed by atoms with Crippen molar-refractivity contribution in [2.45, 2.75) is 9.10 Å². The molecule has 0 atom stereocenters. The van der Waals surface area contributed by atoms with Crippen molar-refractivity contribution in [3.05, 3.63) is 70.3 Å². The van der Waals surface area contributed by atoms with Gasteiger partial charge in [0.25, 0.3) is 5.91 Å². The van der Waals surface area contributed by atoms with Gasteiger partial charge in [0, 0.05) is 11.1 Å². The molecule has 134 valence electrons. The number of amides is 1. The van der Waals surface area contributed by atoms with Crippen molar-refractivity contribution >= 4 is 44.4 Å². The SMILES string of the molecule is O=C(Nc1ccc(F)cc1F)c1ncsc1S(=O)(=O)c1ccc(Cl)cc1. The summed E-state index contributed by atoms with van der Waals surface area (Å²) in [6.45, 7) is 0. The Morgan fingerprint density at radius 2 is 1.81 bits per heavy atom. The summed E-state index contributed by atoms with van der Waals surface area (Å²) in [4.78, 5) is 16.1. The Bertz CT molecular complexity index is 1080. The molecule has 5 nitrogen and oxygen atoms in total. The Morgan fingerprint density at radius 1 is 1.12 bits per heavy atom. The molecule has 0 fully saturated rings. The number of nitrogens with one attached hydrogen (secondary N) is 1. The maximum atomic E-state index is 13.7. The summed E-state index contributed by atoms with van der Waals surface area (Å²) in [5.74, 6) is -2.72. The highest BCUT2D eigenvalue weighted by Gasteiger charge is 2.28. The predicted octanol–water partition coefficient (Wildman–Crippen LogP) is 4.16. The van der Waals surface area contributed by atoms with Gasteiger partial charge in [-0.05, 0) is 36.4 Å². The van der Waals surface area contributed by atoms with Crippen LogP contribution in [0.5, 0.6) is 0 Å². The van der Waals surface area contributed by atoms with E-state index in [1.54, 1.807) is 0 Å². The average Bonchev–Trinajstić information content (AvgIpc) is 3.08. The first-order valence-electron chi connectivity index (χ1n) is 6.99. The summed E-state index contributed by atoms with van der Waals surface area (Å²) >= 11 is 6.51. The minimum absolute atomic E-state index is 0.0619. The van der Waals surface area contributed by atoms with Crippen LogP contribution in [0.25, 0.3) is 0 Å². The summed E-state index contributed by atoms with van der Waals surface area (Å²) in [5, 5.41) is 2.55. The van der Waals surface area contributed by atoms with E-state index in [4.69, 9.17) is 11.6 Å². The summed E-state index contributed by atoms with van der Waals surface area (Å²) in [6, 6.07) is 8.01. The Labute approximate surface area is 156 Å². The maximum Gasteiger partial charge on any atom is 0.276 e. The third-order valence-electron chi connectivity index (χ3n) is 3.30. The third kappa shape index (κ3) is 3.59. The van der Waals surface area contributed by atoms with Gasteiger partial charge in [0.15, 0.2) is 9.90 Å². The van der Waals surface area contributed by atoms with E-state index < -0.39 is 27.4 Å². The number of benzene rings is 2. The number of thiazole rings is 1. The minimum atomic E-state index is -4.01. The molecule has 1 heterocycles. The van der Waals surface area contributed by atoms with Gasteiger partial charge in [-0.3, -0.25) is 4.79 Å². The van der Waals surface area contributed by atoms with Gasteiger partial charge in [0.2, 0.25) is 9.84 Å². The van der Waals surface area contributed by atoms with E-state index in [1.165, 1.54) is 29.8 Å². The van der Waals surface area contributed by atoms with Crippen molar-refractivity contribution in [1.82, 2.24) is 4.98 Å². The summed E-state index contributed by atoms with van der Waals surface area (Å²) in [5.41, 5.74) is 0.520. The number of anilines is 1. The smallest absolute Gasteiger partial charge is 0.276 e. The molecule has 0 spiro atoms. The lowest BCUT2D eigenvalue weighted by Gasteiger charge is -2.07. The molecule has 0 saturated heterocycles. The number of carbonyl (C=O) groups excluding carboxylic acids is 1. The van der Waals surface area contributed by atoms with E-state index >= 15 is 0 Å². The standard InChI is InChI=1S/C16H9ClF2N2O3S2/c17-9-1-4-11(5-2-9)26(23,24)16-14(20-8-25-16)15(22)21-13-6-3-10(18)7-12(13)19/h1-8H,(H,21,22). The number of aromatic nitrogens is 1. The summed E-state index contributed by atoms with van der Waals surface area (Å²) in [7, 11) is -4.01. The van der Waals surface area contributed by atoms with Crippen molar-refractivity contribution in [3.8, 4) is 0 Å². The Hall–Kier alpha value is -2.36. The molecule has 0 aliphatic heterocycles. The molecular weight excluding hydrogens is 406 g/mol. The quantitative estimate of drug-likeness (QED) is 0.695. The molecule has 3 rings (SSSR count). The second-order valence-corrected chi connectivity index (χ2v) is 8.46. The normalized spacial score (nSPS) is 11.3. The first kappa shape index (κ1) is 18.4. The van der Waals surface area contributed by atoms with Crippen LogP contribution < -0.4 is 5.32 Å². The number of nitrogens with zero attached hydrogens (tertiary/aromatic N) is 1. The van der Waals surface area contributed by atoms with Crippen LogP contribution in [0, 0.1) is 11.6 Å². The average molecular weight is 415 g/mol. The van der Waals surface area contributed by atoms with Crippen LogP contribution in [-0.2, 0) is 9.84 Å². The zero-order chi connectivity index (χ0) is 18.9. The van der Waals surface area contributed by atoms with Crippen molar-refractivity contribution in [2.24, 2.45) is 0 Å². The topological polar surface area (TPSA) is 76.1 Å². The number of rotatable bonds is 4. The van der Waals surface area contributed by atoms with Crippen molar-refractivity contribution in [3.63, 3.8) is 0 Å². The number of carbonyl (C=O) groups is 1.